The van der Waals surface area contributed by atoms with E-state index in [2.05, 4.69) is 58.6 Å². The van der Waals surface area contributed by atoms with Crippen molar-refractivity contribution in [2.24, 2.45) is 0 Å². The molecule has 0 amide bonds. The molecule has 5 heterocycles. The quantitative estimate of drug-likeness (QED) is 0.324. The van der Waals surface area contributed by atoms with E-state index in [1.165, 1.54) is 30.5 Å². The number of imidazole rings is 1. The van der Waals surface area contributed by atoms with Crippen LogP contribution in [0, 0.1) is 0 Å². The van der Waals surface area contributed by atoms with Crippen molar-refractivity contribution in [3.63, 3.8) is 0 Å². The van der Waals surface area contributed by atoms with Gasteiger partial charge in [0.1, 0.15) is 11.6 Å². The molecule has 0 aliphatic carbocycles. The van der Waals surface area contributed by atoms with Crippen LogP contribution >= 0.6 is 0 Å². The lowest BCUT2D eigenvalue weighted by Crippen LogP contribution is -2.35. The van der Waals surface area contributed by atoms with Crippen LogP contribution in [-0.2, 0) is 22.6 Å². The third kappa shape index (κ3) is 5.81. The molecular weight excluding hydrogens is 514 g/mol. The molecule has 8 nitrogen and oxygen atoms in total. The van der Waals surface area contributed by atoms with Crippen molar-refractivity contribution in [3.05, 3.63) is 76.9 Å². The number of rotatable bonds is 8. The van der Waals surface area contributed by atoms with Crippen LogP contribution < -0.4 is 4.90 Å². The Labute approximate surface area is 242 Å². The zero-order valence-electron chi connectivity index (χ0n) is 24.5. The normalized spacial score (nSPS) is 20.7. The maximum absolute atomic E-state index is 12.2. The van der Waals surface area contributed by atoms with Gasteiger partial charge in [0.2, 0.25) is 0 Å². The second kappa shape index (κ2) is 12.2. The average Bonchev–Trinajstić information content (AvgIpc) is 3.31. The molecule has 3 aliphatic heterocycles. The van der Waals surface area contributed by atoms with Crippen molar-refractivity contribution in [2.45, 2.75) is 71.1 Å². The van der Waals surface area contributed by atoms with E-state index in [4.69, 9.17) is 19.4 Å². The molecule has 8 heteroatoms. The molecule has 0 saturated carbocycles. The molecule has 0 bridgehead atoms. The number of allylic oxidation sites excluding steroid dienone is 3. The van der Waals surface area contributed by atoms with Crippen LogP contribution in [0.3, 0.4) is 0 Å². The number of anilines is 1. The summed E-state index contributed by atoms with van der Waals surface area (Å²) >= 11 is 0. The van der Waals surface area contributed by atoms with Gasteiger partial charge in [-0.25, -0.2) is 14.8 Å². The minimum Gasteiger partial charge on any atom is -0.465 e. The fourth-order valence-corrected chi connectivity index (χ4v) is 6.39. The molecule has 216 valence electrons. The Morgan fingerprint density at radius 2 is 1.95 bits per heavy atom. The van der Waals surface area contributed by atoms with Gasteiger partial charge >= 0.3 is 5.97 Å². The zero-order chi connectivity index (χ0) is 28.3. The number of methoxy groups -OCH3 is 1. The minimum atomic E-state index is -0.328. The Balaban J connectivity index is 1.16. The van der Waals surface area contributed by atoms with Gasteiger partial charge in [-0.2, -0.15) is 0 Å². The Morgan fingerprint density at radius 1 is 1.12 bits per heavy atom. The molecule has 6 rings (SSSR count). The summed E-state index contributed by atoms with van der Waals surface area (Å²) in [4.78, 5) is 27.3. The van der Waals surface area contributed by atoms with Gasteiger partial charge in [-0.1, -0.05) is 12.1 Å². The highest BCUT2D eigenvalue weighted by Gasteiger charge is 2.27. The second-order valence-corrected chi connectivity index (χ2v) is 11.5. The van der Waals surface area contributed by atoms with Gasteiger partial charge in [-0.15, -0.1) is 0 Å². The monoisotopic (exact) mass is 555 g/mol. The summed E-state index contributed by atoms with van der Waals surface area (Å²) in [5, 5.41) is 0. The molecule has 2 saturated heterocycles. The summed E-state index contributed by atoms with van der Waals surface area (Å²) < 4.78 is 13.0. The SMILES string of the molecule is C/C=C\C1=C(C)CCCN1c1cccc(C2CCN(Cc3nc4ccc(C(=O)OC)cc4n3C[C@@H]3CCO3)CC2)n1. The first-order valence-corrected chi connectivity index (χ1v) is 15.0. The molecule has 0 radical (unpaired) electrons. The predicted molar refractivity (Wildman–Crippen MR) is 161 cm³/mol. The van der Waals surface area contributed by atoms with Crippen LogP contribution in [0.4, 0.5) is 5.82 Å². The molecule has 3 aliphatic rings. The van der Waals surface area contributed by atoms with Crippen molar-refractivity contribution in [3.8, 4) is 0 Å². The lowest BCUT2D eigenvalue weighted by molar-refractivity contribution is -0.0592. The van der Waals surface area contributed by atoms with Crippen LogP contribution in [0.5, 0.6) is 0 Å². The molecule has 0 spiro atoms. The van der Waals surface area contributed by atoms with E-state index in [1.54, 1.807) is 6.07 Å². The molecule has 0 unspecified atom stereocenters. The zero-order valence-corrected chi connectivity index (χ0v) is 24.5. The first kappa shape index (κ1) is 27.7. The number of benzene rings is 1. The number of ether oxygens (including phenoxy) is 2. The molecular formula is C33H41N5O3. The van der Waals surface area contributed by atoms with Crippen LogP contribution in [0.15, 0.2) is 59.8 Å². The van der Waals surface area contributed by atoms with Crippen molar-refractivity contribution in [1.29, 1.82) is 0 Å². The number of carbonyl (C=O) groups excluding carboxylic acids is 1. The number of nitrogens with zero attached hydrogens (tertiary/aromatic N) is 5. The van der Waals surface area contributed by atoms with E-state index in [1.807, 2.05) is 12.1 Å². The lowest BCUT2D eigenvalue weighted by atomic mass is 9.93. The van der Waals surface area contributed by atoms with Crippen LogP contribution in [-0.4, -0.2) is 64.9 Å². The lowest BCUT2D eigenvalue weighted by Gasteiger charge is -2.34. The summed E-state index contributed by atoms with van der Waals surface area (Å²) in [7, 11) is 1.42. The van der Waals surface area contributed by atoms with Crippen molar-refractivity contribution < 1.29 is 14.3 Å². The van der Waals surface area contributed by atoms with Gasteiger partial charge in [0.15, 0.2) is 0 Å². The molecule has 41 heavy (non-hydrogen) atoms. The number of pyridine rings is 1. The molecule has 2 fully saturated rings. The maximum Gasteiger partial charge on any atom is 0.337 e. The highest BCUT2D eigenvalue weighted by molar-refractivity contribution is 5.93. The van der Waals surface area contributed by atoms with Gasteiger partial charge in [0.25, 0.3) is 0 Å². The Kier molecular flexibility index (Phi) is 8.21. The molecule has 1 atom stereocenters. The molecule has 3 aromatic rings. The van der Waals surface area contributed by atoms with Crippen LogP contribution in [0.25, 0.3) is 11.0 Å². The third-order valence-corrected chi connectivity index (χ3v) is 8.82. The summed E-state index contributed by atoms with van der Waals surface area (Å²) in [6, 6.07) is 12.2. The summed E-state index contributed by atoms with van der Waals surface area (Å²) in [5.74, 6) is 2.22. The summed E-state index contributed by atoms with van der Waals surface area (Å²) in [5.41, 5.74) is 6.36. The first-order valence-electron chi connectivity index (χ1n) is 15.0. The van der Waals surface area contributed by atoms with Crippen molar-refractivity contribution in [1.82, 2.24) is 19.4 Å². The molecule has 2 aromatic heterocycles. The van der Waals surface area contributed by atoms with E-state index < -0.39 is 0 Å². The fourth-order valence-electron chi connectivity index (χ4n) is 6.39. The standard InChI is InChI=1S/C33H41N5O3/c1-4-7-29-23(2)8-6-16-37(29)31-10-5-9-27(34-31)24-13-17-36(18-14-24)22-32-35-28-12-11-25(33(39)40-3)20-30(28)38(32)21-26-15-19-41-26/h4-5,7,9-12,20,24,26H,6,8,13-19,21-22H2,1-3H3/b7-4-/t26-/m0/s1. The fraction of sp³-hybridized carbons (Fsp3) is 0.485. The number of hydrogen-bond donors (Lipinski definition) is 0. The summed E-state index contributed by atoms with van der Waals surface area (Å²) in [6.45, 7) is 9.68. The van der Waals surface area contributed by atoms with E-state index >= 15 is 0 Å². The second-order valence-electron chi connectivity index (χ2n) is 11.5. The highest BCUT2D eigenvalue weighted by Crippen LogP contribution is 2.32. The van der Waals surface area contributed by atoms with Gasteiger partial charge < -0.3 is 18.9 Å². The number of hydrogen-bond acceptors (Lipinski definition) is 7. The number of likely N-dealkylation sites (tertiary alicyclic amines) is 1. The van der Waals surface area contributed by atoms with Gasteiger partial charge in [-0.05, 0) is 101 Å². The smallest absolute Gasteiger partial charge is 0.337 e. The predicted octanol–water partition coefficient (Wildman–Crippen LogP) is 5.84. The average molecular weight is 556 g/mol. The topological polar surface area (TPSA) is 72.7 Å². The Morgan fingerprint density at radius 3 is 2.68 bits per heavy atom. The maximum atomic E-state index is 12.2. The Hall–Kier alpha value is -3.49. The number of piperidine rings is 1. The number of esters is 1. The van der Waals surface area contributed by atoms with Gasteiger partial charge in [-0.3, -0.25) is 4.90 Å². The van der Waals surface area contributed by atoms with Gasteiger partial charge in [0, 0.05) is 30.5 Å². The molecule has 0 N–H and O–H groups in total. The minimum absolute atomic E-state index is 0.198. The van der Waals surface area contributed by atoms with Crippen LogP contribution in [0.1, 0.15) is 73.7 Å². The van der Waals surface area contributed by atoms with E-state index in [9.17, 15) is 4.79 Å². The summed E-state index contributed by atoms with van der Waals surface area (Å²) in [6.07, 6.45) is 10.1. The molecule has 1 aromatic carbocycles. The number of carbonyl (C=O) groups is 1. The highest BCUT2D eigenvalue weighted by atomic mass is 16.5. The van der Waals surface area contributed by atoms with Crippen molar-refractivity contribution in [2.75, 3.05) is 38.3 Å². The first-order chi connectivity index (χ1) is 20.0. The van der Waals surface area contributed by atoms with E-state index in [-0.39, 0.29) is 12.1 Å². The van der Waals surface area contributed by atoms with Crippen molar-refractivity contribution >= 4 is 22.8 Å². The van der Waals surface area contributed by atoms with Gasteiger partial charge in [0.05, 0.1) is 42.9 Å². The van der Waals surface area contributed by atoms with Crippen LogP contribution in [0.2, 0.25) is 0 Å². The number of fused-ring (bicyclic) bond motifs is 1. The van der Waals surface area contributed by atoms with E-state index in [0.717, 1.165) is 87.7 Å². The Bertz CT molecular complexity index is 1460. The number of aromatic nitrogens is 3. The largest absolute Gasteiger partial charge is 0.465 e. The third-order valence-electron chi connectivity index (χ3n) is 8.82. The van der Waals surface area contributed by atoms with E-state index in [0.29, 0.717) is 11.5 Å².